The maximum Gasteiger partial charge on any atom is 0.265 e. The van der Waals surface area contributed by atoms with Crippen LogP contribution in [-0.2, 0) is 10.0 Å². The lowest BCUT2D eigenvalue weighted by molar-refractivity contribution is 0.403. The summed E-state index contributed by atoms with van der Waals surface area (Å²) in [6.45, 7) is 3.80. The third kappa shape index (κ3) is 3.28. The number of benzene rings is 2. The van der Waals surface area contributed by atoms with Crippen molar-refractivity contribution in [2.45, 2.75) is 18.7 Å². The summed E-state index contributed by atoms with van der Waals surface area (Å²) in [5.41, 5.74) is 8.55. The minimum absolute atomic E-state index is 0.0548. The molecule has 0 amide bonds. The van der Waals surface area contributed by atoms with E-state index in [1.807, 2.05) is 26.0 Å². The maximum absolute atomic E-state index is 12.5. The molecule has 2 aromatic carbocycles. The molecule has 0 aromatic heterocycles. The van der Waals surface area contributed by atoms with E-state index in [0.29, 0.717) is 11.4 Å². The van der Waals surface area contributed by atoms with Gasteiger partial charge in [0.1, 0.15) is 10.6 Å². The number of sulfonamides is 1. The van der Waals surface area contributed by atoms with E-state index in [1.54, 1.807) is 6.07 Å². The minimum atomic E-state index is -3.74. The number of ether oxygens (including phenoxy) is 1. The molecule has 0 fully saturated rings. The highest BCUT2D eigenvalue weighted by molar-refractivity contribution is 7.92. The lowest BCUT2D eigenvalue weighted by Crippen LogP contribution is -2.15. The van der Waals surface area contributed by atoms with Crippen molar-refractivity contribution in [2.24, 2.45) is 0 Å². The van der Waals surface area contributed by atoms with Gasteiger partial charge in [0.05, 0.1) is 12.8 Å². The van der Waals surface area contributed by atoms with Gasteiger partial charge in [0.25, 0.3) is 10.0 Å². The fourth-order valence-electron chi connectivity index (χ4n) is 2.03. The third-order valence-corrected chi connectivity index (χ3v) is 4.51. The Hall–Kier alpha value is -2.21. The van der Waals surface area contributed by atoms with Crippen molar-refractivity contribution in [3.8, 4) is 5.75 Å². The largest absolute Gasteiger partial charge is 0.495 e. The molecule has 0 radical (unpaired) electrons. The Morgan fingerprint density at radius 3 is 2.43 bits per heavy atom. The molecule has 0 atom stereocenters. The van der Waals surface area contributed by atoms with E-state index in [4.69, 9.17) is 10.5 Å². The molecule has 0 unspecified atom stereocenters. The molecule has 112 valence electrons. The van der Waals surface area contributed by atoms with Crippen LogP contribution in [0.5, 0.6) is 5.75 Å². The van der Waals surface area contributed by atoms with Gasteiger partial charge >= 0.3 is 0 Å². The van der Waals surface area contributed by atoms with Gasteiger partial charge in [-0.1, -0.05) is 17.7 Å². The molecule has 2 aromatic rings. The number of methoxy groups -OCH3 is 1. The van der Waals surface area contributed by atoms with Crippen molar-refractivity contribution in [3.05, 3.63) is 47.5 Å². The highest BCUT2D eigenvalue weighted by Crippen LogP contribution is 2.28. The van der Waals surface area contributed by atoms with Crippen molar-refractivity contribution in [1.29, 1.82) is 0 Å². The van der Waals surface area contributed by atoms with Crippen LogP contribution in [0.3, 0.4) is 0 Å². The lowest BCUT2D eigenvalue weighted by Gasteiger charge is -2.14. The predicted molar refractivity (Wildman–Crippen MR) is 84.1 cm³/mol. The van der Waals surface area contributed by atoms with Gasteiger partial charge in [-0.05, 0) is 37.6 Å². The molecule has 0 aliphatic heterocycles. The van der Waals surface area contributed by atoms with Crippen LogP contribution in [0.25, 0.3) is 0 Å². The van der Waals surface area contributed by atoms with E-state index < -0.39 is 10.0 Å². The van der Waals surface area contributed by atoms with Crippen LogP contribution in [0, 0.1) is 13.8 Å². The summed E-state index contributed by atoms with van der Waals surface area (Å²) in [7, 11) is -2.33. The Kier molecular flexibility index (Phi) is 4.09. The topological polar surface area (TPSA) is 81.4 Å². The van der Waals surface area contributed by atoms with E-state index in [2.05, 4.69) is 4.72 Å². The predicted octanol–water partition coefficient (Wildman–Crippen LogP) is 2.70. The van der Waals surface area contributed by atoms with E-state index in [-0.39, 0.29) is 10.6 Å². The molecule has 21 heavy (non-hydrogen) atoms. The van der Waals surface area contributed by atoms with Crippen molar-refractivity contribution in [2.75, 3.05) is 17.6 Å². The normalized spacial score (nSPS) is 11.2. The zero-order valence-corrected chi connectivity index (χ0v) is 13.0. The van der Waals surface area contributed by atoms with Crippen LogP contribution in [0.15, 0.2) is 41.3 Å². The standard InChI is InChI=1S/C15H18N2O3S/c1-10-4-6-13(11(2)8-10)17-21(18,19)15-7-5-12(16)9-14(15)20-3/h4-9,17H,16H2,1-3H3. The number of aryl methyl sites for hydroxylation is 2. The summed E-state index contributed by atoms with van der Waals surface area (Å²) < 4.78 is 32.7. The zero-order valence-electron chi connectivity index (χ0n) is 12.2. The Balaban J connectivity index is 2.43. The Bertz CT molecular complexity index is 770. The maximum atomic E-state index is 12.5. The van der Waals surface area contributed by atoms with Crippen LogP contribution in [-0.4, -0.2) is 15.5 Å². The second-order valence-electron chi connectivity index (χ2n) is 4.83. The van der Waals surface area contributed by atoms with Crippen molar-refractivity contribution < 1.29 is 13.2 Å². The van der Waals surface area contributed by atoms with Crippen molar-refractivity contribution in [1.82, 2.24) is 0 Å². The summed E-state index contributed by atoms with van der Waals surface area (Å²) in [6, 6.07) is 9.95. The zero-order chi connectivity index (χ0) is 15.6. The first-order valence-corrected chi connectivity index (χ1v) is 7.85. The molecule has 0 aliphatic carbocycles. The number of nitrogen functional groups attached to an aromatic ring is 1. The van der Waals surface area contributed by atoms with Gasteiger partial charge in [-0.2, -0.15) is 0 Å². The van der Waals surface area contributed by atoms with Crippen LogP contribution < -0.4 is 15.2 Å². The molecule has 0 heterocycles. The summed E-state index contributed by atoms with van der Waals surface area (Å²) in [5.74, 6) is 0.215. The Morgan fingerprint density at radius 1 is 1.10 bits per heavy atom. The molecule has 0 bridgehead atoms. The van der Waals surface area contributed by atoms with Crippen LogP contribution >= 0.6 is 0 Å². The molecule has 0 aliphatic rings. The number of hydrogen-bond acceptors (Lipinski definition) is 4. The third-order valence-electron chi connectivity index (χ3n) is 3.10. The number of nitrogens with one attached hydrogen (secondary N) is 1. The van der Waals surface area contributed by atoms with Gasteiger partial charge in [-0.15, -0.1) is 0 Å². The van der Waals surface area contributed by atoms with Gasteiger partial charge < -0.3 is 10.5 Å². The summed E-state index contributed by atoms with van der Waals surface area (Å²) in [6.07, 6.45) is 0. The highest BCUT2D eigenvalue weighted by atomic mass is 32.2. The summed E-state index contributed by atoms with van der Waals surface area (Å²) in [4.78, 5) is 0.0548. The smallest absolute Gasteiger partial charge is 0.265 e. The van der Waals surface area contributed by atoms with Crippen molar-refractivity contribution in [3.63, 3.8) is 0 Å². The molecule has 0 saturated heterocycles. The van der Waals surface area contributed by atoms with Crippen molar-refractivity contribution >= 4 is 21.4 Å². The van der Waals surface area contributed by atoms with E-state index in [1.165, 1.54) is 25.3 Å². The van der Waals surface area contributed by atoms with Gasteiger partial charge in [-0.25, -0.2) is 8.42 Å². The monoisotopic (exact) mass is 306 g/mol. The van der Waals surface area contributed by atoms with Gasteiger partial charge in [0.2, 0.25) is 0 Å². The average molecular weight is 306 g/mol. The molecule has 0 saturated carbocycles. The number of rotatable bonds is 4. The quantitative estimate of drug-likeness (QED) is 0.851. The van der Waals surface area contributed by atoms with E-state index in [9.17, 15) is 8.42 Å². The molecule has 2 rings (SSSR count). The molecule has 6 heteroatoms. The SMILES string of the molecule is COc1cc(N)ccc1S(=O)(=O)Nc1ccc(C)cc1C. The number of nitrogens with two attached hydrogens (primary N) is 1. The number of hydrogen-bond donors (Lipinski definition) is 2. The average Bonchev–Trinajstić information content (AvgIpc) is 2.41. The van der Waals surface area contributed by atoms with Gasteiger partial charge in [-0.3, -0.25) is 4.72 Å². The summed E-state index contributed by atoms with van der Waals surface area (Å²) in [5, 5.41) is 0. The van der Waals surface area contributed by atoms with Crippen LogP contribution in [0.2, 0.25) is 0 Å². The summed E-state index contributed by atoms with van der Waals surface area (Å²) >= 11 is 0. The second kappa shape index (κ2) is 5.65. The first kappa shape index (κ1) is 15.2. The van der Waals surface area contributed by atoms with E-state index in [0.717, 1.165) is 11.1 Å². The Labute approximate surface area is 124 Å². The Morgan fingerprint density at radius 2 is 1.81 bits per heavy atom. The molecule has 0 spiro atoms. The van der Waals surface area contributed by atoms with E-state index >= 15 is 0 Å². The van der Waals surface area contributed by atoms with Gasteiger partial charge in [0, 0.05) is 11.8 Å². The molecule has 5 nitrogen and oxygen atoms in total. The molecule has 3 N–H and O–H groups in total. The fourth-order valence-corrected chi connectivity index (χ4v) is 3.32. The van der Waals surface area contributed by atoms with Gasteiger partial charge in [0.15, 0.2) is 0 Å². The highest BCUT2D eigenvalue weighted by Gasteiger charge is 2.20. The molecular formula is C15H18N2O3S. The first-order valence-electron chi connectivity index (χ1n) is 6.37. The lowest BCUT2D eigenvalue weighted by atomic mass is 10.1. The number of anilines is 2. The first-order chi connectivity index (χ1) is 9.83. The molecular weight excluding hydrogens is 288 g/mol. The van der Waals surface area contributed by atoms with Crippen LogP contribution in [0.1, 0.15) is 11.1 Å². The minimum Gasteiger partial charge on any atom is -0.495 e. The van der Waals surface area contributed by atoms with Crippen LogP contribution in [0.4, 0.5) is 11.4 Å². The fraction of sp³-hybridized carbons (Fsp3) is 0.200. The second-order valence-corrected chi connectivity index (χ2v) is 6.48.